The van der Waals surface area contributed by atoms with Gasteiger partial charge in [-0.1, -0.05) is 0 Å². The summed E-state index contributed by atoms with van der Waals surface area (Å²) in [5.74, 6) is 0.605. The van der Waals surface area contributed by atoms with Crippen molar-refractivity contribution in [2.45, 2.75) is 0 Å². The minimum atomic E-state index is -0.279. The van der Waals surface area contributed by atoms with Crippen LogP contribution in [-0.4, -0.2) is 68.9 Å². The average molecular weight is 418 g/mol. The molecular formula is C23H23FN6O. The van der Waals surface area contributed by atoms with Crippen LogP contribution in [0.15, 0.2) is 60.9 Å². The van der Waals surface area contributed by atoms with E-state index in [0.717, 1.165) is 60.2 Å². The molecule has 0 aliphatic carbocycles. The van der Waals surface area contributed by atoms with Crippen LogP contribution in [0.1, 0.15) is 0 Å². The highest BCUT2D eigenvalue weighted by Gasteiger charge is 2.21. The number of anilines is 1. The van der Waals surface area contributed by atoms with E-state index < -0.39 is 0 Å². The topological polar surface area (TPSA) is 69.8 Å². The van der Waals surface area contributed by atoms with Crippen LogP contribution in [0.2, 0.25) is 0 Å². The molecule has 31 heavy (non-hydrogen) atoms. The number of halogens is 1. The van der Waals surface area contributed by atoms with Gasteiger partial charge in [0.2, 0.25) is 0 Å². The lowest BCUT2D eigenvalue weighted by atomic mass is 10.1. The molecule has 1 aromatic carbocycles. The summed E-state index contributed by atoms with van der Waals surface area (Å²) in [7, 11) is 0. The number of piperazine rings is 1. The van der Waals surface area contributed by atoms with Gasteiger partial charge in [0, 0.05) is 56.2 Å². The molecule has 4 heterocycles. The molecule has 0 spiro atoms. The third-order valence-electron chi connectivity index (χ3n) is 5.65. The summed E-state index contributed by atoms with van der Waals surface area (Å²) in [6.45, 7) is 4.37. The molecule has 0 atom stereocenters. The number of aliphatic hydroxyl groups is 1. The number of pyridine rings is 1. The van der Waals surface area contributed by atoms with Crippen molar-refractivity contribution in [1.29, 1.82) is 0 Å². The largest absolute Gasteiger partial charge is 0.395 e. The zero-order valence-electron chi connectivity index (χ0n) is 17.0. The van der Waals surface area contributed by atoms with Crippen molar-refractivity contribution in [3.63, 3.8) is 0 Å². The molecule has 5 rings (SSSR count). The monoisotopic (exact) mass is 418 g/mol. The van der Waals surface area contributed by atoms with E-state index in [1.807, 2.05) is 28.8 Å². The van der Waals surface area contributed by atoms with Gasteiger partial charge < -0.3 is 10.0 Å². The molecule has 4 aromatic rings. The van der Waals surface area contributed by atoms with Crippen LogP contribution in [-0.2, 0) is 0 Å². The SMILES string of the molecule is OCCN1CCN(c2ccc3nc(-c4ccc(F)cc4)c(-c4ccncc4)n3n2)CC1. The first-order valence-corrected chi connectivity index (χ1v) is 10.4. The van der Waals surface area contributed by atoms with Gasteiger partial charge in [0.15, 0.2) is 5.65 Å². The van der Waals surface area contributed by atoms with Gasteiger partial charge >= 0.3 is 0 Å². The van der Waals surface area contributed by atoms with E-state index in [0.29, 0.717) is 6.54 Å². The second kappa shape index (κ2) is 8.41. The van der Waals surface area contributed by atoms with E-state index in [-0.39, 0.29) is 12.4 Å². The molecule has 1 fully saturated rings. The number of fused-ring (bicyclic) bond motifs is 1. The van der Waals surface area contributed by atoms with Gasteiger partial charge in [0.05, 0.1) is 12.3 Å². The summed E-state index contributed by atoms with van der Waals surface area (Å²) in [6.07, 6.45) is 3.49. The molecule has 1 aliphatic heterocycles. The predicted molar refractivity (Wildman–Crippen MR) is 117 cm³/mol. The fraction of sp³-hybridized carbons (Fsp3) is 0.261. The fourth-order valence-corrected chi connectivity index (χ4v) is 4.01. The minimum Gasteiger partial charge on any atom is -0.395 e. The summed E-state index contributed by atoms with van der Waals surface area (Å²) in [5.41, 5.74) is 4.11. The molecule has 1 aliphatic rings. The highest BCUT2D eigenvalue weighted by molar-refractivity contribution is 5.81. The van der Waals surface area contributed by atoms with Gasteiger partial charge in [-0.25, -0.2) is 13.9 Å². The number of benzene rings is 1. The van der Waals surface area contributed by atoms with E-state index >= 15 is 0 Å². The minimum absolute atomic E-state index is 0.181. The maximum absolute atomic E-state index is 13.5. The number of hydrogen-bond acceptors (Lipinski definition) is 6. The molecule has 0 unspecified atom stereocenters. The molecule has 1 saturated heterocycles. The third-order valence-corrected chi connectivity index (χ3v) is 5.65. The highest BCUT2D eigenvalue weighted by atomic mass is 19.1. The summed E-state index contributed by atoms with van der Waals surface area (Å²) in [6, 6.07) is 14.2. The van der Waals surface area contributed by atoms with Crippen molar-refractivity contribution >= 4 is 11.5 Å². The lowest BCUT2D eigenvalue weighted by Crippen LogP contribution is -2.47. The van der Waals surface area contributed by atoms with Gasteiger partial charge in [-0.3, -0.25) is 9.88 Å². The number of rotatable bonds is 5. The lowest BCUT2D eigenvalue weighted by molar-refractivity contribution is 0.188. The highest BCUT2D eigenvalue weighted by Crippen LogP contribution is 2.32. The van der Waals surface area contributed by atoms with Crippen molar-refractivity contribution in [3.05, 3.63) is 66.7 Å². The van der Waals surface area contributed by atoms with Gasteiger partial charge in [0.25, 0.3) is 0 Å². The van der Waals surface area contributed by atoms with Gasteiger partial charge in [-0.15, -0.1) is 5.10 Å². The Morgan fingerprint density at radius 2 is 1.61 bits per heavy atom. The molecule has 8 heteroatoms. The van der Waals surface area contributed by atoms with E-state index in [2.05, 4.69) is 14.8 Å². The second-order valence-electron chi connectivity index (χ2n) is 7.57. The van der Waals surface area contributed by atoms with Gasteiger partial charge in [-0.2, -0.15) is 0 Å². The molecule has 1 N–H and O–H groups in total. The van der Waals surface area contributed by atoms with Crippen LogP contribution >= 0.6 is 0 Å². The van der Waals surface area contributed by atoms with Crippen LogP contribution in [0.5, 0.6) is 0 Å². The molecule has 0 saturated carbocycles. The first-order chi connectivity index (χ1) is 15.2. The van der Waals surface area contributed by atoms with Gasteiger partial charge in [-0.05, 0) is 48.5 Å². The number of β-amino-alcohol motifs (C(OH)–C–C–N with tert-alkyl or cyclic N) is 1. The Morgan fingerprint density at radius 1 is 0.871 bits per heavy atom. The Kier molecular flexibility index (Phi) is 5.31. The molecule has 3 aromatic heterocycles. The number of imidazole rings is 1. The number of nitrogens with zero attached hydrogens (tertiary/aromatic N) is 6. The van der Waals surface area contributed by atoms with E-state index in [9.17, 15) is 4.39 Å². The van der Waals surface area contributed by atoms with Gasteiger partial charge in [0.1, 0.15) is 17.3 Å². The summed E-state index contributed by atoms with van der Waals surface area (Å²) >= 11 is 0. The maximum Gasteiger partial charge on any atom is 0.155 e. The summed E-state index contributed by atoms with van der Waals surface area (Å²) < 4.78 is 15.4. The molecule has 0 radical (unpaired) electrons. The number of hydrogen-bond donors (Lipinski definition) is 1. The van der Waals surface area contributed by atoms with E-state index in [1.54, 1.807) is 24.5 Å². The van der Waals surface area contributed by atoms with Crippen molar-refractivity contribution in [2.24, 2.45) is 0 Å². The van der Waals surface area contributed by atoms with Crippen LogP contribution in [0.25, 0.3) is 28.2 Å². The molecule has 7 nitrogen and oxygen atoms in total. The molecule has 158 valence electrons. The Hall–Kier alpha value is -3.36. The van der Waals surface area contributed by atoms with Crippen LogP contribution in [0, 0.1) is 5.82 Å². The van der Waals surface area contributed by atoms with Crippen molar-refractivity contribution < 1.29 is 9.50 Å². The normalized spacial score (nSPS) is 15.0. The maximum atomic E-state index is 13.5. The second-order valence-corrected chi connectivity index (χ2v) is 7.57. The molecular weight excluding hydrogens is 395 g/mol. The van der Waals surface area contributed by atoms with Crippen LogP contribution in [0.3, 0.4) is 0 Å². The third kappa shape index (κ3) is 3.87. The van der Waals surface area contributed by atoms with Crippen molar-refractivity contribution in [3.8, 4) is 22.5 Å². The Balaban J connectivity index is 1.58. The Bertz CT molecular complexity index is 1170. The molecule has 0 amide bonds. The van der Waals surface area contributed by atoms with Crippen molar-refractivity contribution in [1.82, 2.24) is 24.5 Å². The predicted octanol–water partition coefficient (Wildman–Crippen LogP) is 2.71. The number of aliphatic hydroxyl groups excluding tert-OH is 1. The van der Waals surface area contributed by atoms with Crippen LogP contribution < -0.4 is 4.90 Å². The first-order valence-electron chi connectivity index (χ1n) is 10.4. The smallest absolute Gasteiger partial charge is 0.155 e. The lowest BCUT2D eigenvalue weighted by Gasteiger charge is -2.34. The summed E-state index contributed by atoms with van der Waals surface area (Å²) in [5, 5.41) is 14.1. The Labute approximate surface area is 179 Å². The fourth-order valence-electron chi connectivity index (χ4n) is 4.01. The zero-order chi connectivity index (χ0) is 21.2. The zero-order valence-corrected chi connectivity index (χ0v) is 17.0. The van der Waals surface area contributed by atoms with E-state index in [4.69, 9.17) is 15.2 Å². The molecule has 0 bridgehead atoms. The van der Waals surface area contributed by atoms with Crippen molar-refractivity contribution in [2.75, 3.05) is 44.2 Å². The standard InChI is InChI=1S/C23H23FN6O/c24-19-3-1-17(2-4-19)22-23(18-7-9-25-10-8-18)30-20(26-22)5-6-21(27-30)29-13-11-28(12-14-29)15-16-31/h1-10,31H,11-16H2. The number of aromatic nitrogens is 4. The first kappa shape index (κ1) is 19.6. The average Bonchev–Trinajstić information content (AvgIpc) is 3.19. The summed E-state index contributed by atoms with van der Waals surface area (Å²) in [4.78, 5) is 13.4. The van der Waals surface area contributed by atoms with E-state index in [1.165, 1.54) is 12.1 Å². The Morgan fingerprint density at radius 3 is 2.32 bits per heavy atom. The quantitative estimate of drug-likeness (QED) is 0.538. The van der Waals surface area contributed by atoms with Crippen LogP contribution in [0.4, 0.5) is 10.2 Å².